The SMILES string of the molecule is COc1ccc(OCC(O)Cn2c(Cc3ccccc3)nc3ccccc32)cc1. The van der Waals surface area contributed by atoms with Crippen LogP contribution < -0.4 is 9.47 Å². The second kappa shape index (κ2) is 8.80. The molecule has 4 aromatic rings. The molecular weight excluding hydrogens is 364 g/mol. The fourth-order valence-corrected chi connectivity index (χ4v) is 3.37. The minimum atomic E-state index is -0.663. The predicted octanol–water partition coefficient (Wildman–Crippen LogP) is 4.08. The number of hydrogen-bond donors (Lipinski definition) is 1. The number of ether oxygens (including phenoxy) is 2. The van der Waals surface area contributed by atoms with Crippen molar-refractivity contribution in [3.8, 4) is 11.5 Å². The molecule has 0 aliphatic heterocycles. The van der Waals surface area contributed by atoms with Crippen molar-refractivity contribution in [2.45, 2.75) is 19.1 Å². The number of fused-ring (bicyclic) bond motifs is 1. The molecule has 0 aliphatic carbocycles. The van der Waals surface area contributed by atoms with Crippen molar-refractivity contribution < 1.29 is 14.6 Å². The first-order valence-electron chi connectivity index (χ1n) is 9.66. The summed E-state index contributed by atoms with van der Waals surface area (Å²) in [7, 11) is 1.63. The van der Waals surface area contributed by atoms with Gasteiger partial charge in [-0.3, -0.25) is 0 Å². The molecule has 5 nitrogen and oxygen atoms in total. The number of nitrogens with zero attached hydrogens (tertiary/aromatic N) is 2. The number of methoxy groups -OCH3 is 1. The molecule has 1 heterocycles. The molecule has 1 unspecified atom stereocenters. The van der Waals surface area contributed by atoms with E-state index in [2.05, 4.69) is 16.7 Å². The first kappa shape index (κ1) is 19.0. The van der Waals surface area contributed by atoms with E-state index in [1.165, 1.54) is 5.56 Å². The molecule has 4 rings (SSSR count). The van der Waals surface area contributed by atoms with Crippen LogP contribution in [0.4, 0.5) is 0 Å². The summed E-state index contributed by atoms with van der Waals surface area (Å²) in [4.78, 5) is 4.80. The molecule has 1 N–H and O–H groups in total. The zero-order valence-corrected chi connectivity index (χ0v) is 16.4. The second-order valence-corrected chi connectivity index (χ2v) is 6.93. The third-order valence-corrected chi connectivity index (χ3v) is 4.83. The van der Waals surface area contributed by atoms with Gasteiger partial charge in [-0.25, -0.2) is 4.98 Å². The fraction of sp³-hybridized carbons (Fsp3) is 0.208. The molecule has 5 heteroatoms. The van der Waals surface area contributed by atoms with Crippen molar-refractivity contribution in [3.63, 3.8) is 0 Å². The molecule has 29 heavy (non-hydrogen) atoms. The van der Waals surface area contributed by atoms with Gasteiger partial charge in [0, 0.05) is 6.42 Å². The van der Waals surface area contributed by atoms with Gasteiger partial charge < -0.3 is 19.1 Å². The Morgan fingerprint density at radius 1 is 0.897 bits per heavy atom. The van der Waals surface area contributed by atoms with Crippen LogP contribution >= 0.6 is 0 Å². The van der Waals surface area contributed by atoms with Crippen LogP contribution in [0.15, 0.2) is 78.9 Å². The summed E-state index contributed by atoms with van der Waals surface area (Å²) in [6.07, 6.45) is 0.0471. The van der Waals surface area contributed by atoms with Crippen LogP contribution in [-0.2, 0) is 13.0 Å². The van der Waals surface area contributed by atoms with Gasteiger partial charge in [-0.1, -0.05) is 42.5 Å². The summed E-state index contributed by atoms with van der Waals surface area (Å²) >= 11 is 0. The quantitative estimate of drug-likeness (QED) is 0.494. The lowest BCUT2D eigenvalue weighted by Gasteiger charge is -2.16. The van der Waals surface area contributed by atoms with Crippen molar-refractivity contribution >= 4 is 11.0 Å². The van der Waals surface area contributed by atoms with E-state index in [0.29, 0.717) is 18.7 Å². The van der Waals surface area contributed by atoms with Crippen molar-refractivity contribution in [1.82, 2.24) is 9.55 Å². The number of hydrogen-bond acceptors (Lipinski definition) is 4. The third-order valence-electron chi connectivity index (χ3n) is 4.83. The van der Waals surface area contributed by atoms with Gasteiger partial charge in [0.15, 0.2) is 0 Å². The van der Waals surface area contributed by atoms with Crippen LogP contribution in [0.2, 0.25) is 0 Å². The van der Waals surface area contributed by atoms with Gasteiger partial charge in [0.25, 0.3) is 0 Å². The Morgan fingerprint density at radius 3 is 2.34 bits per heavy atom. The van der Waals surface area contributed by atoms with E-state index in [1.54, 1.807) is 7.11 Å². The second-order valence-electron chi connectivity index (χ2n) is 6.93. The summed E-state index contributed by atoms with van der Waals surface area (Å²) in [6, 6.07) is 25.6. The van der Waals surface area contributed by atoms with Gasteiger partial charge in [0.05, 0.1) is 24.7 Å². The first-order chi connectivity index (χ1) is 14.2. The lowest BCUT2D eigenvalue weighted by Crippen LogP contribution is -2.24. The Balaban J connectivity index is 1.50. The van der Waals surface area contributed by atoms with Crippen LogP contribution in [0, 0.1) is 0 Å². The van der Waals surface area contributed by atoms with E-state index in [0.717, 1.165) is 22.6 Å². The lowest BCUT2D eigenvalue weighted by molar-refractivity contribution is 0.0928. The zero-order chi connectivity index (χ0) is 20.1. The Bertz CT molecular complexity index is 1060. The Morgan fingerprint density at radius 2 is 1.59 bits per heavy atom. The summed E-state index contributed by atoms with van der Waals surface area (Å²) in [6.45, 7) is 0.614. The highest BCUT2D eigenvalue weighted by molar-refractivity contribution is 5.76. The first-order valence-corrected chi connectivity index (χ1v) is 9.66. The van der Waals surface area contributed by atoms with Gasteiger partial charge in [-0.2, -0.15) is 0 Å². The Hall–Kier alpha value is -3.31. The molecule has 0 fully saturated rings. The highest BCUT2D eigenvalue weighted by Crippen LogP contribution is 2.20. The van der Waals surface area contributed by atoms with E-state index in [9.17, 15) is 5.11 Å². The highest BCUT2D eigenvalue weighted by Gasteiger charge is 2.15. The molecular formula is C24H24N2O3. The maximum absolute atomic E-state index is 10.6. The summed E-state index contributed by atoms with van der Waals surface area (Å²) < 4.78 is 13.0. The van der Waals surface area contributed by atoms with Crippen molar-refractivity contribution in [2.24, 2.45) is 0 Å². The molecule has 1 atom stereocenters. The average Bonchev–Trinajstić information content (AvgIpc) is 3.10. The number of aliphatic hydroxyl groups excluding tert-OH is 1. The number of imidazole rings is 1. The van der Waals surface area contributed by atoms with E-state index < -0.39 is 6.10 Å². The number of aliphatic hydroxyl groups is 1. The molecule has 0 saturated carbocycles. The Kier molecular flexibility index (Phi) is 5.77. The zero-order valence-electron chi connectivity index (χ0n) is 16.4. The summed E-state index contributed by atoms with van der Waals surface area (Å²) in [5.74, 6) is 2.40. The van der Waals surface area contributed by atoms with Gasteiger partial charge in [0.2, 0.25) is 0 Å². The van der Waals surface area contributed by atoms with Crippen LogP contribution in [0.1, 0.15) is 11.4 Å². The van der Waals surface area contributed by atoms with Gasteiger partial charge in [0.1, 0.15) is 30.0 Å². The molecule has 1 aromatic heterocycles. The maximum atomic E-state index is 10.6. The molecule has 0 bridgehead atoms. The van der Waals surface area contributed by atoms with Crippen molar-refractivity contribution in [2.75, 3.05) is 13.7 Å². The van der Waals surface area contributed by atoms with E-state index in [4.69, 9.17) is 14.5 Å². The molecule has 0 aliphatic rings. The minimum absolute atomic E-state index is 0.198. The third kappa shape index (κ3) is 4.58. The van der Waals surface area contributed by atoms with E-state index in [1.807, 2.05) is 66.7 Å². The van der Waals surface area contributed by atoms with Crippen molar-refractivity contribution in [1.29, 1.82) is 0 Å². The van der Waals surface area contributed by atoms with Gasteiger partial charge >= 0.3 is 0 Å². The lowest BCUT2D eigenvalue weighted by atomic mass is 10.1. The van der Waals surface area contributed by atoms with Crippen molar-refractivity contribution in [3.05, 3.63) is 90.3 Å². The molecule has 3 aromatic carbocycles. The topological polar surface area (TPSA) is 56.5 Å². The standard InChI is InChI=1S/C24H24N2O3/c1-28-20-11-13-21(14-12-20)29-17-19(27)16-26-23-10-6-5-9-22(23)25-24(26)15-18-7-3-2-4-8-18/h2-14,19,27H,15-17H2,1H3. The van der Waals surface area contributed by atoms with E-state index >= 15 is 0 Å². The average molecular weight is 388 g/mol. The molecule has 0 saturated heterocycles. The maximum Gasteiger partial charge on any atom is 0.119 e. The minimum Gasteiger partial charge on any atom is -0.497 e. The molecule has 148 valence electrons. The van der Waals surface area contributed by atoms with Crippen LogP contribution in [0.5, 0.6) is 11.5 Å². The number of benzene rings is 3. The normalized spacial score (nSPS) is 12.1. The molecule has 0 spiro atoms. The number of aromatic nitrogens is 2. The number of rotatable bonds is 8. The smallest absolute Gasteiger partial charge is 0.119 e. The molecule has 0 amide bonds. The Labute approximate surface area is 170 Å². The monoisotopic (exact) mass is 388 g/mol. The molecule has 0 radical (unpaired) electrons. The largest absolute Gasteiger partial charge is 0.497 e. The summed E-state index contributed by atoms with van der Waals surface area (Å²) in [5, 5.41) is 10.6. The highest BCUT2D eigenvalue weighted by atomic mass is 16.5. The van der Waals surface area contributed by atoms with Gasteiger partial charge in [-0.05, 0) is 42.0 Å². The van der Waals surface area contributed by atoms with Crippen LogP contribution in [0.3, 0.4) is 0 Å². The van der Waals surface area contributed by atoms with E-state index in [-0.39, 0.29) is 6.61 Å². The van der Waals surface area contributed by atoms with Crippen LogP contribution in [-0.4, -0.2) is 34.5 Å². The summed E-state index contributed by atoms with van der Waals surface area (Å²) in [5.41, 5.74) is 3.14. The number of para-hydroxylation sites is 2. The fourth-order valence-electron chi connectivity index (χ4n) is 3.37. The van der Waals surface area contributed by atoms with Gasteiger partial charge in [-0.15, -0.1) is 0 Å². The predicted molar refractivity (Wildman–Crippen MR) is 113 cm³/mol. The van der Waals surface area contributed by atoms with Crippen LogP contribution in [0.25, 0.3) is 11.0 Å².